The van der Waals surface area contributed by atoms with Gasteiger partial charge < -0.3 is 14.9 Å². The second kappa shape index (κ2) is 4.60. The summed E-state index contributed by atoms with van der Waals surface area (Å²) in [5.74, 6) is 0.526. The molecule has 0 aromatic rings. The molecule has 4 unspecified atom stereocenters. The van der Waals surface area contributed by atoms with Gasteiger partial charge in [-0.15, -0.1) is 0 Å². The fraction of sp³-hybridized carbons (Fsp3) is 1.00. The van der Waals surface area contributed by atoms with Gasteiger partial charge in [0.1, 0.15) is 0 Å². The smallest absolute Gasteiger partial charge is 0.0904 e. The lowest BCUT2D eigenvalue weighted by Gasteiger charge is -2.40. The van der Waals surface area contributed by atoms with E-state index in [-0.39, 0.29) is 12.0 Å². The molecule has 14 heavy (non-hydrogen) atoms. The first kappa shape index (κ1) is 12.0. The predicted molar refractivity (Wildman–Crippen MR) is 55.0 cm³/mol. The van der Waals surface area contributed by atoms with Crippen LogP contribution < -0.4 is 0 Å². The van der Waals surface area contributed by atoms with E-state index < -0.39 is 5.60 Å². The van der Waals surface area contributed by atoms with E-state index in [9.17, 15) is 10.2 Å². The van der Waals surface area contributed by atoms with Crippen molar-refractivity contribution < 1.29 is 14.9 Å². The minimum absolute atomic E-state index is 0.0429. The molecule has 1 fully saturated rings. The molecule has 0 bridgehead atoms. The molecule has 0 amide bonds. The van der Waals surface area contributed by atoms with Gasteiger partial charge in [-0.1, -0.05) is 13.3 Å². The third-order valence-electron chi connectivity index (χ3n) is 3.31. The molecular weight excluding hydrogens is 180 g/mol. The molecule has 1 aliphatic carbocycles. The average molecular weight is 202 g/mol. The van der Waals surface area contributed by atoms with Crippen molar-refractivity contribution in [3.05, 3.63) is 0 Å². The van der Waals surface area contributed by atoms with E-state index in [2.05, 4.69) is 6.92 Å². The Morgan fingerprint density at radius 3 is 2.57 bits per heavy atom. The highest BCUT2D eigenvalue weighted by atomic mass is 16.5. The topological polar surface area (TPSA) is 49.7 Å². The second-order valence-electron chi connectivity index (χ2n) is 4.88. The maximum absolute atomic E-state index is 10.1. The molecule has 84 valence electrons. The first-order valence-corrected chi connectivity index (χ1v) is 5.36. The number of aliphatic hydroxyl groups excluding tert-OH is 1. The monoisotopic (exact) mass is 202 g/mol. The maximum Gasteiger partial charge on any atom is 0.0904 e. The molecule has 1 aliphatic rings. The van der Waals surface area contributed by atoms with Crippen molar-refractivity contribution in [3.8, 4) is 0 Å². The van der Waals surface area contributed by atoms with Gasteiger partial charge in [-0.2, -0.15) is 0 Å². The average Bonchev–Trinajstić information content (AvgIpc) is 2.02. The van der Waals surface area contributed by atoms with Crippen LogP contribution in [-0.2, 0) is 4.74 Å². The number of hydrogen-bond donors (Lipinski definition) is 2. The first-order chi connectivity index (χ1) is 6.47. The van der Waals surface area contributed by atoms with Crippen LogP contribution in [0.3, 0.4) is 0 Å². The zero-order valence-electron chi connectivity index (χ0n) is 9.36. The van der Waals surface area contributed by atoms with E-state index in [1.165, 1.54) is 0 Å². The summed E-state index contributed by atoms with van der Waals surface area (Å²) in [5, 5.41) is 20.0. The Morgan fingerprint density at radius 2 is 2.07 bits per heavy atom. The molecule has 3 nitrogen and oxygen atoms in total. The summed E-state index contributed by atoms with van der Waals surface area (Å²) >= 11 is 0. The predicted octanol–water partition coefficient (Wildman–Crippen LogP) is 1.18. The lowest BCUT2D eigenvalue weighted by Crippen LogP contribution is -2.47. The third-order valence-corrected chi connectivity index (χ3v) is 3.31. The van der Waals surface area contributed by atoms with Crippen LogP contribution in [0.1, 0.15) is 33.1 Å². The third kappa shape index (κ3) is 2.69. The van der Waals surface area contributed by atoms with Crippen molar-refractivity contribution in [1.29, 1.82) is 0 Å². The fourth-order valence-corrected chi connectivity index (χ4v) is 2.48. The van der Waals surface area contributed by atoms with Gasteiger partial charge in [-0.05, 0) is 25.7 Å². The number of ether oxygens (including phenoxy) is 1. The molecule has 0 radical (unpaired) electrons. The lowest BCUT2D eigenvalue weighted by atomic mass is 9.73. The molecule has 0 heterocycles. The highest BCUT2D eigenvalue weighted by Gasteiger charge is 2.39. The minimum Gasteiger partial charge on any atom is -0.393 e. The normalized spacial score (nSPS) is 37.9. The van der Waals surface area contributed by atoms with Crippen molar-refractivity contribution in [3.63, 3.8) is 0 Å². The van der Waals surface area contributed by atoms with Gasteiger partial charge >= 0.3 is 0 Å². The van der Waals surface area contributed by atoms with Gasteiger partial charge in [0.15, 0.2) is 0 Å². The Balaban J connectivity index is 2.58. The van der Waals surface area contributed by atoms with Crippen molar-refractivity contribution >= 4 is 0 Å². The van der Waals surface area contributed by atoms with E-state index in [4.69, 9.17) is 4.74 Å². The minimum atomic E-state index is -0.895. The van der Waals surface area contributed by atoms with Gasteiger partial charge in [0.25, 0.3) is 0 Å². The van der Waals surface area contributed by atoms with Crippen molar-refractivity contribution in [2.75, 3.05) is 13.7 Å². The summed E-state index contributed by atoms with van der Waals surface area (Å²) in [6, 6.07) is 0. The van der Waals surface area contributed by atoms with E-state index in [0.29, 0.717) is 12.5 Å². The Morgan fingerprint density at radius 1 is 1.43 bits per heavy atom. The van der Waals surface area contributed by atoms with Gasteiger partial charge in [0.2, 0.25) is 0 Å². The summed E-state index contributed by atoms with van der Waals surface area (Å²) in [4.78, 5) is 0. The Bertz CT molecular complexity index is 179. The van der Waals surface area contributed by atoms with Gasteiger partial charge in [-0.25, -0.2) is 0 Å². The Hall–Kier alpha value is -0.120. The van der Waals surface area contributed by atoms with Crippen LogP contribution in [0.25, 0.3) is 0 Å². The standard InChI is InChI=1S/C11H22O3/c1-8-4-5-9(10(12)6-8)11(2,13)7-14-3/h8-10,12-13H,4-7H2,1-3H3. The van der Waals surface area contributed by atoms with E-state index in [1.54, 1.807) is 14.0 Å². The molecular formula is C11H22O3. The first-order valence-electron chi connectivity index (χ1n) is 5.36. The second-order valence-corrected chi connectivity index (χ2v) is 4.88. The molecule has 0 saturated heterocycles. The van der Waals surface area contributed by atoms with E-state index >= 15 is 0 Å². The van der Waals surface area contributed by atoms with Gasteiger partial charge in [-0.3, -0.25) is 0 Å². The van der Waals surface area contributed by atoms with Gasteiger partial charge in [0, 0.05) is 13.0 Å². The molecule has 3 heteroatoms. The van der Waals surface area contributed by atoms with Crippen LogP contribution in [0.2, 0.25) is 0 Å². The SMILES string of the molecule is COCC(C)(O)C1CCC(C)CC1O. The zero-order chi connectivity index (χ0) is 10.8. The van der Waals surface area contributed by atoms with Crippen molar-refractivity contribution in [2.45, 2.75) is 44.8 Å². The zero-order valence-corrected chi connectivity index (χ0v) is 9.36. The molecule has 1 saturated carbocycles. The molecule has 0 aromatic carbocycles. The largest absolute Gasteiger partial charge is 0.393 e. The molecule has 0 spiro atoms. The van der Waals surface area contributed by atoms with Crippen LogP contribution >= 0.6 is 0 Å². The highest BCUT2D eigenvalue weighted by Crippen LogP contribution is 2.35. The summed E-state index contributed by atoms with van der Waals surface area (Å²) in [5.41, 5.74) is -0.895. The van der Waals surface area contributed by atoms with E-state index in [1.807, 2.05) is 0 Å². The van der Waals surface area contributed by atoms with Crippen molar-refractivity contribution in [2.24, 2.45) is 11.8 Å². The quantitative estimate of drug-likeness (QED) is 0.722. The number of rotatable bonds is 3. The number of aliphatic hydroxyl groups is 2. The van der Waals surface area contributed by atoms with Crippen LogP contribution in [0.4, 0.5) is 0 Å². The van der Waals surface area contributed by atoms with Crippen LogP contribution in [0, 0.1) is 11.8 Å². The van der Waals surface area contributed by atoms with Crippen LogP contribution in [0.5, 0.6) is 0 Å². The Kier molecular flexibility index (Phi) is 3.93. The van der Waals surface area contributed by atoms with Crippen LogP contribution in [0.15, 0.2) is 0 Å². The van der Waals surface area contributed by atoms with Crippen LogP contribution in [-0.4, -0.2) is 35.6 Å². The number of methoxy groups -OCH3 is 1. The lowest BCUT2D eigenvalue weighted by molar-refractivity contribution is -0.115. The summed E-state index contributed by atoms with van der Waals surface area (Å²) in [6.45, 7) is 4.19. The highest BCUT2D eigenvalue weighted by molar-refractivity contribution is 4.90. The van der Waals surface area contributed by atoms with Crippen molar-refractivity contribution in [1.82, 2.24) is 0 Å². The summed E-state index contributed by atoms with van der Waals surface area (Å²) in [6.07, 6.45) is 2.38. The summed E-state index contributed by atoms with van der Waals surface area (Å²) < 4.78 is 4.97. The number of hydrogen-bond acceptors (Lipinski definition) is 3. The Labute approximate surface area is 86.1 Å². The molecule has 1 rings (SSSR count). The molecule has 0 aliphatic heterocycles. The molecule has 4 atom stereocenters. The maximum atomic E-state index is 10.1. The molecule has 0 aromatic heterocycles. The molecule has 2 N–H and O–H groups in total. The van der Waals surface area contributed by atoms with Gasteiger partial charge in [0.05, 0.1) is 18.3 Å². The summed E-state index contributed by atoms with van der Waals surface area (Å²) in [7, 11) is 1.58. The van der Waals surface area contributed by atoms with E-state index in [0.717, 1.165) is 19.3 Å². The fourth-order valence-electron chi connectivity index (χ4n) is 2.48.